The quantitative estimate of drug-likeness (QED) is 0.214. The lowest BCUT2D eigenvalue weighted by Crippen LogP contribution is -2.34. The average Bonchev–Trinajstić information content (AvgIpc) is 3.28. The minimum absolute atomic E-state index is 0.170. The van der Waals surface area contributed by atoms with Gasteiger partial charge in [-0.15, -0.1) is 10.2 Å². The molecule has 5 aromatic rings. The molecule has 1 aliphatic rings. The lowest BCUT2D eigenvalue weighted by Gasteiger charge is -2.16. The molecule has 1 saturated carbocycles. The number of carbonyl (C=O) groups excluding carboxylic acids is 2. The number of nitrogens with one attached hydrogen (secondary N) is 3. The van der Waals surface area contributed by atoms with Crippen LogP contribution in [0.4, 0.5) is 14.5 Å². The van der Waals surface area contributed by atoms with E-state index in [9.17, 15) is 18.4 Å². The van der Waals surface area contributed by atoms with E-state index in [0.29, 0.717) is 41.3 Å². The fourth-order valence-corrected chi connectivity index (χ4v) is 4.44. The molecule has 3 N–H and O–H groups in total. The number of alkyl halides is 2. The topological polar surface area (TPSA) is 153 Å². The van der Waals surface area contributed by atoms with E-state index in [1.807, 2.05) is 30.3 Å². The van der Waals surface area contributed by atoms with Gasteiger partial charge < -0.3 is 20.4 Å². The molecule has 1 fully saturated rings. The van der Waals surface area contributed by atoms with E-state index >= 15 is 0 Å². The number of carbonyl (C=O) groups is 2. The molecule has 2 aromatic carbocycles. The number of aryl methyl sites for hydroxylation is 1. The molecule has 214 valence electrons. The molecule has 6 rings (SSSR count). The van der Waals surface area contributed by atoms with Gasteiger partial charge in [-0.25, -0.2) is 13.8 Å². The van der Waals surface area contributed by atoms with Crippen LogP contribution in [0.1, 0.15) is 34.3 Å². The van der Waals surface area contributed by atoms with E-state index < -0.39 is 24.2 Å². The number of fused-ring (bicyclic) bond motifs is 1. The predicted molar refractivity (Wildman–Crippen MR) is 146 cm³/mol. The first kappa shape index (κ1) is 27.1. The van der Waals surface area contributed by atoms with Gasteiger partial charge in [-0.3, -0.25) is 14.6 Å². The van der Waals surface area contributed by atoms with Crippen LogP contribution in [0.3, 0.4) is 0 Å². The summed E-state index contributed by atoms with van der Waals surface area (Å²) in [6, 6.07) is 17.3. The number of hydrogen-bond acceptors (Lipinski definition) is 9. The number of amides is 2. The van der Waals surface area contributed by atoms with Crippen molar-refractivity contribution in [2.45, 2.75) is 18.4 Å². The van der Waals surface area contributed by atoms with Gasteiger partial charge in [-0.2, -0.15) is 4.80 Å². The third kappa shape index (κ3) is 5.83. The number of hydrogen-bond donors (Lipinski definition) is 3. The van der Waals surface area contributed by atoms with Gasteiger partial charge in [0.1, 0.15) is 17.1 Å². The van der Waals surface area contributed by atoms with Crippen LogP contribution >= 0.6 is 0 Å². The lowest BCUT2D eigenvalue weighted by atomic mass is 10.1. The maximum absolute atomic E-state index is 13.2. The molecule has 14 heteroatoms. The summed E-state index contributed by atoms with van der Waals surface area (Å²) < 4.78 is 32.2. The maximum atomic E-state index is 13.2. The Kier molecular flexibility index (Phi) is 7.12. The van der Waals surface area contributed by atoms with Gasteiger partial charge in [0.25, 0.3) is 11.8 Å². The highest BCUT2D eigenvalue weighted by molar-refractivity contribution is 5.97. The number of benzene rings is 2. The third-order valence-electron chi connectivity index (χ3n) is 6.71. The van der Waals surface area contributed by atoms with Gasteiger partial charge in [-0.05, 0) is 41.1 Å². The molecule has 0 radical (unpaired) electrons. The van der Waals surface area contributed by atoms with Crippen LogP contribution < -0.4 is 16.0 Å². The molecule has 3 heterocycles. The molecule has 2 amide bonds. The highest BCUT2D eigenvalue weighted by Crippen LogP contribution is 2.49. The standard InChI is InChI=1S/C28H25F2N9O3/c1-39-37-24(36-38-39)23(16-5-3-2-4-6-16)32-11-12-33-26(41)21-13-17(9-10-31-21)27-35-20-14-18(7-8-22(20)42-27)34-25(40)19-15-28(19,29)30/h2-10,13-14,19,23,32H,11-12,15H2,1H3,(H,33,41)(H,34,40)/t19-,23-/m1/s1. The molecule has 12 nitrogen and oxygen atoms in total. The highest BCUT2D eigenvalue weighted by atomic mass is 19.3. The molecule has 1 aliphatic carbocycles. The van der Waals surface area contributed by atoms with Gasteiger partial charge in [0.05, 0.1) is 13.1 Å². The summed E-state index contributed by atoms with van der Waals surface area (Å²) >= 11 is 0. The third-order valence-corrected chi connectivity index (χ3v) is 6.71. The number of halogens is 2. The first-order valence-electron chi connectivity index (χ1n) is 13.1. The number of rotatable bonds is 10. The van der Waals surface area contributed by atoms with E-state index in [0.717, 1.165) is 5.56 Å². The second kappa shape index (κ2) is 11.0. The minimum Gasteiger partial charge on any atom is -0.436 e. The van der Waals surface area contributed by atoms with E-state index in [2.05, 4.69) is 41.3 Å². The van der Waals surface area contributed by atoms with Crippen molar-refractivity contribution in [2.24, 2.45) is 13.0 Å². The monoisotopic (exact) mass is 573 g/mol. The van der Waals surface area contributed by atoms with E-state index in [1.54, 1.807) is 37.4 Å². The average molecular weight is 574 g/mol. The van der Waals surface area contributed by atoms with Crippen molar-refractivity contribution >= 4 is 28.6 Å². The Morgan fingerprint density at radius 3 is 2.67 bits per heavy atom. The van der Waals surface area contributed by atoms with Crippen molar-refractivity contribution < 1.29 is 22.8 Å². The molecule has 0 unspecified atom stereocenters. The van der Waals surface area contributed by atoms with Crippen molar-refractivity contribution in [2.75, 3.05) is 18.4 Å². The van der Waals surface area contributed by atoms with Gasteiger partial charge in [0.2, 0.25) is 11.8 Å². The Bertz CT molecular complexity index is 1760. The molecule has 0 bridgehead atoms. The highest BCUT2D eigenvalue weighted by Gasteiger charge is 2.61. The van der Waals surface area contributed by atoms with Gasteiger partial charge >= 0.3 is 0 Å². The molecular weight excluding hydrogens is 548 g/mol. The van der Waals surface area contributed by atoms with E-state index in [1.165, 1.54) is 11.0 Å². The van der Waals surface area contributed by atoms with Gasteiger partial charge in [0.15, 0.2) is 11.4 Å². The van der Waals surface area contributed by atoms with E-state index in [4.69, 9.17) is 4.42 Å². The second-order valence-electron chi connectivity index (χ2n) is 9.83. The first-order chi connectivity index (χ1) is 20.3. The van der Waals surface area contributed by atoms with Crippen LogP contribution in [0.15, 0.2) is 71.3 Å². The molecule has 42 heavy (non-hydrogen) atoms. The van der Waals surface area contributed by atoms with E-state index in [-0.39, 0.29) is 23.5 Å². The van der Waals surface area contributed by atoms with Crippen molar-refractivity contribution in [1.29, 1.82) is 0 Å². The lowest BCUT2D eigenvalue weighted by molar-refractivity contribution is -0.119. The molecule has 0 saturated heterocycles. The van der Waals surface area contributed by atoms with Crippen molar-refractivity contribution in [1.82, 2.24) is 40.8 Å². The Balaban J connectivity index is 1.08. The molecule has 0 spiro atoms. The van der Waals surface area contributed by atoms with Crippen LogP contribution in [-0.2, 0) is 11.8 Å². The van der Waals surface area contributed by atoms with Crippen molar-refractivity contribution in [3.63, 3.8) is 0 Å². The smallest absolute Gasteiger partial charge is 0.269 e. The predicted octanol–water partition coefficient (Wildman–Crippen LogP) is 3.12. The summed E-state index contributed by atoms with van der Waals surface area (Å²) in [6.45, 7) is 0.726. The SMILES string of the molecule is Cn1nnc([C@H](NCCNC(=O)c2cc(-c3nc4cc(NC(=O)[C@H]5CC5(F)F)ccc4o3)ccn2)c2ccccc2)n1. The Morgan fingerprint density at radius 2 is 1.93 bits per heavy atom. The molecule has 2 atom stereocenters. The van der Waals surface area contributed by atoms with Crippen LogP contribution in [-0.4, -0.2) is 61.0 Å². The summed E-state index contributed by atoms with van der Waals surface area (Å²) in [6.07, 6.45) is 1.03. The Morgan fingerprint density at radius 1 is 1.12 bits per heavy atom. The first-order valence-corrected chi connectivity index (χ1v) is 13.1. The number of tetrazole rings is 1. The summed E-state index contributed by atoms with van der Waals surface area (Å²) in [5, 5.41) is 21.0. The number of aromatic nitrogens is 6. The van der Waals surface area contributed by atoms with Crippen molar-refractivity contribution in [3.8, 4) is 11.5 Å². The zero-order chi connectivity index (χ0) is 29.3. The Labute approximate surface area is 237 Å². The minimum atomic E-state index is -2.95. The summed E-state index contributed by atoms with van der Waals surface area (Å²) in [4.78, 5) is 34.9. The second-order valence-corrected chi connectivity index (χ2v) is 9.83. The fraction of sp³-hybridized carbons (Fsp3) is 0.250. The number of oxazole rings is 1. The Hall–Kier alpha value is -5.11. The van der Waals surface area contributed by atoms with Crippen LogP contribution in [0.5, 0.6) is 0 Å². The van der Waals surface area contributed by atoms with Gasteiger partial charge in [0, 0.05) is 37.0 Å². The van der Waals surface area contributed by atoms with Crippen LogP contribution in [0, 0.1) is 5.92 Å². The van der Waals surface area contributed by atoms with Crippen LogP contribution in [0.25, 0.3) is 22.6 Å². The summed E-state index contributed by atoms with van der Waals surface area (Å²) in [5.41, 5.74) is 2.84. The molecule has 0 aliphatic heterocycles. The normalized spacial score (nSPS) is 16.2. The zero-order valence-electron chi connectivity index (χ0n) is 22.3. The van der Waals surface area contributed by atoms with Gasteiger partial charge in [-0.1, -0.05) is 30.3 Å². The maximum Gasteiger partial charge on any atom is 0.269 e. The summed E-state index contributed by atoms with van der Waals surface area (Å²) in [7, 11) is 1.69. The molecule has 3 aromatic heterocycles. The number of nitrogens with zero attached hydrogens (tertiary/aromatic N) is 6. The molecular formula is C28H25F2N9O3. The van der Waals surface area contributed by atoms with Crippen molar-refractivity contribution in [3.05, 3.63) is 83.9 Å². The largest absolute Gasteiger partial charge is 0.436 e. The zero-order valence-corrected chi connectivity index (χ0v) is 22.3. The fourth-order valence-electron chi connectivity index (χ4n) is 4.44. The van der Waals surface area contributed by atoms with Crippen LogP contribution in [0.2, 0.25) is 0 Å². The number of pyridine rings is 1. The summed E-state index contributed by atoms with van der Waals surface area (Å²) in [5.74, 6) is -4.62. The number of anilines is 1.